The molecule has 0 aromatic heterocycles. The summed E-state index contributed by atoms with van der Waals surface area (Å²) in [5.41, 5.74) is 1.28. The number of piperidine rings is 1. The Hall–Kier alpha value is -1.44. The van der Waals surface area contributed by atoms with Crippen LogP contribution < -0.4 is 15.8 Å². The molecule has 0 aliphatic carbocycles. The average Bonchev–Trinajstić information content (AvgIpc) is 2.48. The van der Waals surface area contributed by atoms with E-state index in [1.807, 2.05) is 0 Å². The van der Waals surface area contributed by atoms with Gasteiger partial charge >= 0.3 is 0 Å². The van der Waals surface area contributed by atoms with E-state index in [-0.39, 0.29) is 11.7 Å². The van der Waals surface area contributed by atoms with Gasteiger partial charge in [0.25, 0.3) is 0 Å². The first-order valence-electron chi connectivity index (χ1n) is 7.93. The number of nitrogens with one attached hydrogen (secondary N) is 2. The van der Waals surface area contributed by atoms with Crippen LogP contribution in [0.15, 0.2) is 24.3 Å². The monoisotopic (exact) mass is 339 g/mol. The number of benzene rings is 1. The quantitative estimate of drug-likeness (QED) is 0.730. The van der Waals surface area contributed by atoms with Crippen molar-refractivity contribution in [1.82, 2.24) is 5.32 Å². The highest BCUT2D eigenvalue weighted by Crippen LogP contribution is 2.24. The minimum Gasteiger partial charge on any atom is -0.326 e. The summed E-state index contributed by atoms with van der Waals surface area (Å²) in [4.78, 5) is 12.1. The fourth-order valence-electron chi connectivity index (χ4n) is 3.00. The van der Waals surface area contributed by atoms with Crippen LogP contribution in [0.25, 0.3) is 0 Å². The third-order valence-corrected chi connectivity index (χ3v) is 5.04. The number of amides is 1. The first kappa shape index (κ1) is 17.9. The van der Waals surface area contributed by atoms with Crippen LogP contribution in [0.3, 0.4) is 0 Å². The van der Waals surface area contributed by atoms with Gasteiger partial charge in [0.1, 0.15) is 0 Å². The lowest BCUT2D eigenvalue weighted by atomic mass is 9.84. The number of hydrogen-bond donors (Lipinski definition) is 3. The number of nitrogens with two attached hydrogens (primary N) is 1. The first-order chi connectivity index (χ1) is 10.8. The number of carbonyl (C=O) groups is 1. The summed E-state index contributed by atoms with van der Waals surface area (Å²) in [5, 5.41) is 11.2. The Balaban J connectivity index is 1.84. The number of sulfonamides is 1. The topological polar surface area (TPSA) is 101 Å². The molecule has 0 bridgehead atoms. The molecule has 1 aromatic rings. The van der Waals surface area contributed by atoms with Crippen molar-refractivity contribution in [3.63, 3.8) is 0 Å². The standard InChI is InChI=1S/C16H25N3O3S/c1-12(14-6-8-18-9-7-14)10-16(20)19-15-4-2-13(3-5-15)11-23(17,21)22/h2-5,12,14,18H,6-11H2,1H3,(H,19,20)(H2,17,21,22). The molecule has 1 aromatic carbocycles. The van der Waals surface area contributed by atoms with Crippen molar-refractivity contribution in [2.45, 2.75) is 31.9 Å². The minimum atomic E-state index is -3.53. The zero-order valence-electron chi connectivity index (χ0n) is 13.4. The molecule has 23 heavy (non-hydrogen) atoms. The molecule has 7 heteroatoms. The maximum absolute atomic E-state index is 12.1. The lowest BCUT2D eigenvalue weighted by molar-refractivity contribution is -0.117. The molecule has 1 aliphatic rings. The molecule has 6 nitrogen and oxygen atoms in total. The Morgan fingerprint density at radius 3 is 2.48 bits per heavy atom. The maximum Gasteiger partial charge on any atom is 0.224 e. The highest BCUT2D eigenvalue weighted by atomic mass is 32.2. The van der Waals surface area contributed by atoms with Crippen LogP contribution in [-0.2, 0) is 20.6 Å². The van der Waals surface area contributed by atoms with E-state index < -0.39 is 10.0 Å². The van der Waals surface area contributed by atoms with Crippen LogP contribution in [0.1, 0.15) is 31.7 Å². The molecule has 0 radical (unpaired) electrons. The predicted molar refractivity (Wildman–Crippen MR) is 91.3 cm³/mol. The molecule has 0 spiro atoms. The Bertz CT molecular complexity index is 622. The maximum atomic E-state index is 12.1. The Morgan fingerprint density at radius 1 is 1.30 bits per heavy atom. The van der Waals surface area contributed by atoms with Gasteiger partial charge in [-0.1, -0.05) is 19.1 Å². The Labute approximate surface area is 137 Å². The second kappa shape index (κ2) is 7.90. The van der Waals surface area contributed by atoms with Gasteiger partial charge in [-0.3, -0.25) is 4.79 Å². The number of rotatable bonds is 6. The summed E-state index contributed by atoms with van der Waals surface area (Å²) >= 11 is 0. The van der Waals surface area contributed by atoms with E-state index in [1.165, 1.54) is 0 Å². The summed E-state index contributed by atoms with van der Waals surface area (Å²) in [6.07, 6.45) is 2.75. The third kappa shape index (κ3) is 6.29. The number of primary sulfonamides is 1. The second-order valence-corrected chi connectivity index (χ2v) is 7.94. The summed E-state index contributed by atoms with van der Waals surface area (Å²) in [5.74, 6) is 0.752. The van der Waals surface area contributed by atoms with Crippen molar-refractivity contribution in [2.75, 3.05) is 18.4 Å². The van der Waals surface area contributed by atoms with Gasteiger partial charge in [-0.15, -0.1) is 0 Å². The van der Waals surface area contributed by atoms with Crippen molar-refractivity contribution in [3.8, 4) is 0 Å². The Morgan fingerprint density at radius 2 is 1.91 bits per heavy atom. The van der Waals surface area contributed by atoms with Gasteiger partial charge in [-0.05, 0) is 55.5 Å². The largest absolute Gasteiger partial charge is 0.326 e. The van der Waals surface area contributed by atoms with Gasteiger partial charge in [0.05, 0.1) is 5.75 Å². The summed E-state index contributed by atoms with van der Waals surface area (Å²) < 4.78 is 22.1. The van der Waals surface area contributed by atoms with Gasteiger partial charge in [0.15, 0.2) is 0 Å². The lowest BCUT2D eigenvalue weighted by Gasteiger charge is -2.27. The minimum absolute atomic E-state index is 0.00442. The highest BCUT2D eigenvalue weighted by molar-refractivity contribution is 7.88. The van der Waals surface area contributed by atoms with Crippen LogP contribution >= 0.6 is 0 Å². The van der Waals surface area contributed by atoms with Crippen LogP contribution in [0.4, 0.5) is 5.69 Å². The van der Waals surface area contributed by atoms with Crippen molar-refractivity contribution in [1.29, 1.82) is 0 Å². The van der Waals surface area contributed by atoms with Gasteiger partial charge in [-0.2, -0.15) is 0 Å². The van der Waals surface area contributed by atoms with E-state index in [1.54, 1.807) is 24.3 Å². The molecule has 1 fully saturated rings. The molecule has 4 N–H and O–H groups in total. The fourth-order valence-corrected chi connectivity index (χ4v) is 3.66. The van der Waals surface area contributed by atoms with E-state index >= 15 is 0 Å². The van der Waals surface area contributed by atoms with E-state index in [4.69, 9.17) is 5.14 Å². The van der Waals surface area contributed by atoms with E-state index in [0.29, 0.717) is 29.5 Å². The van der Waals surface area contributed by atoms with E-state index in [0.717, 1.165) is 25.9 Å². The molecule has 1 aliphatic heterocycles. The zero-order chi connectivity index (χ0) is 16.9. The Kier molecular flexibility index (Phi) is 6.15. The molecular formula is C16H25N3O3S. The van der Waals surface area contributed by atoms with Crippen LogP contribution in [0, 0.1) is 11.8 Å². The van der Waals surface area contributed by atoms with Crippen molar-refractivity contribution in [2.24, 2.45) is 17.0 Å². The lowest BCUT2D eigenvalue weighted by Crippen LogP contribution is -2.32. The smallest absolute Gasteiger partial charge is 0.224 e. The van der Waals surface area contributed by atoms with Crippen LogP contribution in [-0.4, -0.2) is 27.4 Å². The van der Waals surface area contributed by atoms with Crippen LogP contribution in [0.5, 0.6) is 0 Å². The summed E-state index contributed by atoms with van der Waals surface area (Å²) in [6.45, 7) is 4.19. The van der Waals surface area contributed by atoms with E-state index in [9.17, 15) is 13.2 Å². The first-order valence-corrected chi connectivity index (χ1v) is 9.65. The number of anilines is 1. The van der Waals surface area contributed by atoms with Gasteiger partial charge in [0, 0.05) is 12.1 Å². The normalized spacial score (nSPS) is 17.7. The summed E-state index contributed by atoms with van der Waals surface area (Å²) in [6, 6.07) is 6.73. The van der Waals surface area contributed by atoms with Gasteiger partial charge in [0.2, 0.25) is 15.9 Å². The fraction of sp³-hybridized carbons (Fsp3) is 0.562. The number of carbonyl (C=O) groups excluding carboxylic acids is 1. The molecule has 2 rings (SSSR count). The van der Waals surface area contributed by atoms with Crippen molar-refractivity contribution >= 4 is 21.6 Å². The molecule has 128 valence electrons. The van der Waals surface area contributed by atoms with Gasteiger partial charge < -0.3 is 10.6 Å². The van der Waals surface area contributed by atoms with Crippen molar-refractivity contribution < 1.29 is 13.2 Å². The zero-order valence-corrected chi connectivity index (χ0v) is 14.2. The van der Waals surface area contributed by atoms with Crippen LogP contribution in [0.2, 0.25) is 0 Å². The highest BCUT2D eigenvalue weighted by Gasteiger charge is 2.22. The molecule has 0 saturated carbocycles. The second-order valence-electron chi connectivity index (χ2n) is 6.32. The molecule has 1 saturated heterocycles. The molecule has 1 amide bonds. The molecule has 1 atom stereocenters. The van der Waals surface area contributed by atoms with Gasteiger partial charge in [-0.25, -0.2) is 13.6 Å². The van der Waals surface area contributed by atoms with E-state index in [2.05, 4.69) is 17.6 Å². The molecule has 1 heterocycles. The SMILES string of the molecule is CC(CC(=O)Nc1ccc(CS(N)(=O)=O)cc1)C1CCNCC1. The third-order valence-electron chi connectivity index (χ3n) is 4.30. The average molecular weight is 339 g/mol. The molecule has 1 unspecified atom stereocenters. The van der Waals surface area contributed by atoms with Crippen molar-refractivity contribution in [3.05, 3.63) is 29.8 Å². The number of hydrogen-bond acceptors (Lipinski definition) is 4. The summed E-state index contributed by atoms with van der Waals surface area (Å²) in [7, 11) is -3.53. The predicted octanol–water partition coefficient (Wildman–Crippen LogP) is 1.44. The molecular weight excluding hydrogens is 314 g/mol.